The minimum absolute atomic E-state index is 0.0397. The smallest absolute Gasteiger partial charge is 0.407 e. The maximum atomic E-state index is 11.3. The van der Waals surface area contributed by atoms with Crippen LogP contribution in [-0.4, -0.2) is 57.6 Å². The van der Waals surface area contributed by atoms with Gasteiger partial charge in [-0.15, -0.1) is 0 Å². The van der Waals surface area contributed by atoms with Crippen LogP contribution in [0.4, 0.5) is 4.79 Å². The Balaban J connectivity index is 3.40. The molecule has 1 unspecified atom stereocenters. The van der Waals surface area contributed by atoms with Crippen LogP contribution in [0.1, 0.15) is 20.3 Å². The largest absolute Gasteiger partial charge is 0.463 e. The van der Waals surface area contributed by atoms with Crippen molar-refractivity contribution >= 4 is 18.0 Å². The number of ether oxygens (including phenoxy) is 4. The number of carbonyl (C=O) groups is 3. The van der Waals surface area contributed by atoms with Gasteiger partial charge in [0.15, 0.2) is 0 Å². The van der Waals surface area contributed by atoms with Crippen LogP contribution in [-0.2, 0) is 28.5 Å². The number of alkyl carbamates (subject to hydrolysis) is 1. The highest BCUT2D eigenvalue weighted by Crippen LogP contribution is 2.02. The van der Waals surface area contributed by atoms with Crippen LogP contribution >= 0.6 is 0 Å². The molecule has 0 fully saturated rings. The summed E-state index contributed by atoms with van der Waals surface area (Å²) in [5.74, 6) is -0.917. The molecule has 0 aliphatic heterocycles. The molecule has 23 heavy (non-hydrogen) atoms. The van der Waals surface area contributed by atoms with E-state index in [1.807, 2.05) is 6.92 Å². The van der Waals surface area contributed by atoms with Crippen LogP contribution < -0.4 is 5.32 Å². The highest BCUT2D eigenvalue weighted by Gasteiger charge is 2.11. The summed E-state index contributed by atoms with van der Waals surface area (Å²) < 4.78 is 19.6. The van der Waals surface area contributed by atoms with Crippen molar-refractivity contribution in [3.63, 3.8) is 0 Å². The Bertz CT molecular complexity index is 384. The quantitative estimate of drug-likeness (QED) is 0.247. The van der Waals surface area contributed by atoms with Crippen molar-refractivity contribution < 1.29 is 33.3 Å². The van der Waals surface area contributed by atoms with E-state index in [0.717, 1.165) is 12.5 Å². The first-order chi connectivity index (χ1) is 11.0. The van der Waals surface area contributed by atoms with Gasteiger partial charge in [0.1, 0.15) is 19.8 Å². The molecule has 1 amide bonds. The number of rotatable bonds is 12. The molecule has 0 aromatic carbocycles. The summed E-state index contributed by atoms with van der Waals surface area (Å²) >= 11 is 0. The summed E-state index contributed by atoms with van der Waals surface area (Å²) in [6.45, 7) is 7.81. The molecule has 0 aliphatic carbocycles. The Morgan fingerprint density at radius 1 is 1.04 bits per heavy atom. The van der Waals surface area contributed by atoms with E-state index in [1.165, 1.54) is 0 Å². The summed E-state index contributed by atoms with van der Waals surface area (Å²) in [5, 5.41) is 2.40. The molecule has 8 nitrogen and oxygen atoms in total. The molecule has 0 saturated carbocycles. The fourth-order valence-corrected chi connectivity index (χ4v) is 1.22. The van der Waals surface area contributed by atoms with Gasteiger partial charge in [0.25, 0.3) is 0 Å². The lowest BCUT2D eigenvalue weighted by molar-refractivity contribution is -0.149. The number of esters is 2. The molecule has 1 N–H and O–H groups in total. The topological polar surface area (TPSA) is 100 Å². The Labute approximate surface area is 136 Å². The van der Waals surface area contributed by atoms with Gasteiger partial charge in [-0.05, 0) is 6.42 Å². The Morgan fingerprint density at radius 2 is 1.70 bits per heavy atom. The second-order valence-electron chi connectivity index (χ2n) is 4.52. The normalized spacial score (nSPS) is 11.2. The maximum Gasteiger partial charge on any atom is 0.407 e. The molecule has 8 heteroatoms. The van der Waals surface area contributed by atoms with Gasteiger partial charge in [0.05, 0.1) is 25.7 Å². The van der Waals surface area contributed by atoms with E-state index < -0.39 is 12.1 Å². The van der Waals surface area contributed by atoms with E-state index in [2.05, 4.69) is 16.6 Å². The van der Waals surface area contributed by atoms with Crippen LogP contribution in [0.15, 0.2) is 12.7 Å². The molecular formula is C15H25NO7. The third-order valence-corrected chi connectivity index (χ3v) is 2.73. The monoisotopic (exact) mass is 331 g/mol. The average molecular weight is 331 g/mol. The molecule has 0 bridgehead atoms. The fourth-order valence-electron chi connectivity index (χ4n) is 1.22. The van der Waals surface area contributed by atoms with Crippen LogP contribution in [0.5, 0.6) is 0 Å². The van der Waals surface area contributed by atoms with Gasteiger partial charge in [-0.1, -0.05) is 20.4 Å². The third kappa shape index (κ3) is 12.2. The molecule has 0 aromatic rings. The standard InChI is InChI=1S/C15H25NO7/c1-4-12(3)14(18)22-10-8-20-9-11-23-15(19)16-6-7-21-13(17)5-2/h5,12H,2,4,6-11H2,1,3H3,(H,16,19). The van der Waals surface area contributed by atoms with E-state index in [-0.39, 0.29) is 51.5 Å². The highest BCUT2D eigenvalue weighted by atomic mass is 16.6. The lowest BCUT2D eigenvalue weighted by Crippen LogP contribution is -2.29. The van der Waals surface area contributed by atoms with Crippen molar-refractivity contribution in [3.8, 4) is 0 Å². The van der Waals surface area contributed by atoms with E-state index in [4.69, 9.17) is 14.2 Å². The Morgan fingerprint density at radius 3 is 2.30 bits per heavy atom. The van der Waals surface area contributed by atoms with Gasteiger partial charge in [-0.3, -0.25) is 4.79 Å². The minimum Gasteiger partial charge on any atom is -0.463 e. The first kappa shape index (κ1) is 20.9. The van der Waals surface area contributed by atoms with Crippen LogP contribution in [0.25, 0.3) is 0 Å². The number of nitrogens with one attached hydrogen (secondary N) is 1. The van der Waals surface area contributed by atoms with Crippen molar-refractivity contribution in [1.82, 2.24) is 5.32 Å². The lowest BCUT2D eigenvalue weighted by Gasteiger charge is -2.10. The van der Waals surface area contributed by atoms with Gasteiger partial charge in [-0.2, -0.15) is 0 Å². The van der Waals surface area contributed by atoms with Crippen molar-refractivity contribution in [2.75, 3.05) is 39.6 Å². The number of hydrogen-bond acceptors (Lipinski definition) is 7. The van der Waals surface area contributed by atoms with Gasteiger partial charge < -0.3 is 24.3 Å². The average Bonchev–Trinajstić information content (AvgIpc) is 2.56. The summed E-state index contributed by atoms with van der Waals surface area (Å²) in [6, 6.07) is 0. The van der Waals surface area contributed by atoms with Crippen molar-refractivity contribution in [1.29, 1.82) is 0 Å². The zero-order chi connectivity index (χ0) is 17.5. The third-order valence-electron chi connectivity index (χ3n) is 2.73. The van der Waals surface area contributed by atoms with E-state index in [1.54, 1.807) is 6.92 Å². The molecular weight excluding hydrogens is 306 g/mol. The predicted octanol–water partition coefficient (Wildman–Crippen LogP) is 1.05. The van der Waals surface area contributed by atoms with Crippen LogP contribution in [0.3, 0.4) is 0 Å². The number of hydrogen-bond donors (Lipinski definition) is 1. The summed E-state index contributed by atoms with van der Waals surface area (Å²) in [7, 11) is 0. The van der Waals surface area contributed by atoms with Gasteiger partial charge in [-0.25, -0.2) is 9.59 Å². The molecule has 0 aromatic heterocycles. The van der Waals surface area contributed by atoms with Crippen molar-refractivity contribution in [2.24, 2.45) is 5.92 Å². The number of carbonyl (C=O) groups excluding carboxylic acids is 3. The first-order valence-corrected chi connectivity index (χ1v) is 7.45. The molecule has 1 atom stereocenters. The molecule has 132 valence electrons. The highest BCUT2D eigenvalue weighted by molar-refractivity contribution is 5.81. The van der Waals surface area contributed by atoms with Gasteiger partial charge in [0.2, 0.25) is 0 Å². The zero-order valence-corrected chi connectivity index (χ0v) is 13.7. The fraction of sp³-hybridized carbons (Fsp3) is 0.667. The second-order valence-corrected chi connectivity index (χ2v) is 4.52. The molecule has 0 heterocycles. The predicted molar refractivity (Wildman–Crippen MR) is 81.7 cm³/mol. The van der Waals surface area contributed by atoms with Gasteiger partial charge in [0, 0.05) is 6.08 Å². The summed E-state index contributed by atoms with van der Waals surface area (Å²) in [5.41, 5.74) is 0. The van der Waals surface area contributed by atoms with E-state index in [0.29, 0.717) is 0 Å². The van der Waals surface area contributed by atoms with E-state index in [9.17, 15) is 14.4 Å². The second kappa shape index (κ2) is 13.6. The van der Waals surface area contributed by atoms with Crippen molar-refractivity contribution in [3.05, 3.63) is 12.7 Å². The van der Waals surface area contributed by atoms with Crippen LogP contribution in [0, 0.1) is 5.92 Å². The SMILES string of the molecule is C=CC(=O)OCCNC(=O)OCCOCCOC(=O)C(C)CC. The first-order valence-electron chi connectivity index (χ1n) is 7.45. The maximum absolute atomic E-state index is 11.3. The molecule has 0 rings (SSSR count). The number of amides is 1. The summed E-state index contributed by atoms with van der Waals surface area (Å²) in [4.78, 5) is 33.3. The van der Waals surface area contributed by atoms with Gasteiger partial charge >= 0.3 is 18.0 Å². The molecule has 0 spiro atoms. The zero-order valence-electron chi connectivity index (χ0n) is 13.7. The van der Waals surface area contributed by atoms with Crippen molar-refractivity contribution in [2.45, 2.75) is 20.3 Å². The Hall–Kier alpha value is -2.09. The molecule has 0 radical (unpaired) electrons. The lowest BCUT2D eigenvalue weighted by atomic mass is 10.1. The molecule has 0 aliphatic rings. The van der Waals surface area contributed by atoms with E-state index >= 15 is 0 Å². The van der Waals surface area contributed by atoms with Crippen LogP contribution in [0.2, 0.25) is 0 Å². The summed E-state index contributed by atoms with van der Waals surface area (Å²) in [6.07, 6.45) is 1.14. The Kier molecular flexibility index (Phi) is 12.3. The molecule has 0 saturated heterocycles. The minimum atomic E-state index is -0.633.